The Labute approximate surface area is 156 Å². The molecule has 0 aromatic heterocycles. The lowest BCUT2D eigenvalue weighted by molar-refractivity contribution is -0.155. The molecule has 2 atom stereocenters. The topological polar surface area (TPSA) is 72.6 Å². The lowest BCUT2D eigenvalue weighted by Crippen LogP contribution is -2.54. The number of likely N-dealkylation sites (tertiary alicyclic amines) is 1. The van der Waals surface area contributed by atoms with E-state index in [1.165, 1.54) is 0 Å². The van der Waals surface area contributed by atoms with Gasteiger partial charge >= 0.3 is 5.97 Å². The average Bonchev–Trinajstić information content (AvgIpc) is 2.95. The van der Waals surface area contributed by atoms with Gasteiger partial charge in [0.25, 0.3) is 0 Å². The Morgan fingerprint density at radius 3 is 2.50 bits per heavy atom. The summed E-state index contributed by atoms with van der Waals surface area (Å²) in [5.74, 6) is -0.515. The summed E-state index contributed by atoms with van der Waals surface area (Å²) in [6.07, 6.45) is 1.38. The van der Waals surface area contributed by atoms with Gasteiger partial charge in [-0.05, 0) is 29.2 Å². The standard InChI is InChI=1S/C21H32N2O3/c1-6-21(4,5)17(22)18(24)23-14-20(2,3)12-16(23)19(25)26-13-15-10-8-7-9-11-15/h7-11,16-17H,6,12-14,22H2,1-5H3/t16-,17+/m0/s1. The van der Waals surface area contributed by atoms with Crippen LogP contribution in [0.2, 0.25) is 0 Å². The summed E-state index contributed by atoms with van der Waals surface area (Å²) in [6.45, 7) is 10.9. The Bertz CT molecular complexity index is 640. The van der Waals surface area contributed by atoms with Crippen LogP contribution in [0, 0.1) is 10.8 Å². The van der Waals surface area contributed by atoms with Crippen molar-refractivity contribution in [2.75, 3.05) is 6.54 Å². The number of nitrogens with two attached hydrogens (primary N) is 1. The van der Waals surface area contributed by atoms with E-state index in [-0.39, 0.29) is 29.3 Å². The fraction of sp³-hybridized carbons (Fsp3) is 0.619. The van der Waals surface area contributed by atoms with Crippen LogP contribution in [-0.4, -0.2) is 35.4 Å². The van der Waals surface area contributed by atoms with Gasteiger partial charge in [-0.25, -0.2) is 4.79 Å². The number of nitrogens with zero attached hydrogens (tertiary/aromatic N) is 1. The molecule has 0 radical (unpaired) electrons. The molecule has 5 nitrogen and oxygen atoms in total. The molecule has 1 saturated heterocycles. The Kier molecular flexibility index (Phi) is 6.12. The van der Waals surface area contributed by atoms with Crippen LogP contribution in [0.25, 0.3) is 0 Å². The van der Waals surface area contributed by atoms with E-state index in [4.69, 9.17) is 10.5 Å². The Morgan fingerprint density at radius 2 is 1.92 bits per heavy atom. The van der Waals surface area contributed by atoms with Crippen molar-refractivity contribution < 1.29 is 14.3 Å². The normalized spacial score (nSPS) is 20.7. The minimum absolute atomic E-state index is 0.137. The Hall–Kier alpha value is -1.88. The lowest BCUT2D eigenvalue weighted by Gasteiger charge is -2.34. The number of ether oxygens (including phenoxy) is 1. The van der Waals surface area contributed by atoms with Gasteiger partial charge in [0.15, 0.2) is 0 Å². The predicted octanol–water partition coefficient (Wildman–Crippen LogP) is 3.12. The molecule has 0 spiro atoms. The number of hydrogen-bond donors (Lipinski definition) is 1. The summed E-state index contributed by atoms with van der Waals surface area (Å²) in [7, 11) is 0. The molecular weight excluding hydrogens is 328 g/mol. The summed E-state index contributed by atoms with van der Waals surface area (Å²) in [6, 6.07) is 8.35. The van der Waals surface area contributed by atoms with Gasteiger partial charge in [0, 0.05) is 6.54 Å². The maximum Gasteiger partial charge on any atom is 0.329 e. The first-order valence-corrected chi connectivity index (χ1v) is 9.34. The second-order valence-electron chi connectivity index (χ2n) is 8.76. The van der Waals surface area contributed by atoms with Crippen molar-refractivity contribution in [1.29, 1.82) is 0 Å². The molecule has 1 aliphatic rings. The van der Waals surface area contributed by atoms with Gasteiger partial charge in [0.2, 0.25) is 5.91 Å². The average molecular weight is 360 g/mol. The van der Waals surface area contributed by atoms with E-state index >= 15 is 0 Å². The third-order valence-corrected chi connectivity index (χ3v) is 5.52. The van der Waals surface area contributed by atoms with E-state index in [9.17, 15) is 9.59 Å². The maximum absolute atomic E-state index is 13.0. The molecule has 0 unspecified atom stereocenters. The van der Waals surface area contributed by atoms with Crippen molar-refractivity contribution in [3.63, 3.8) is 0 Å². The summed E-state index contributed by atoms with van der Waals surface area (Å²) in [4.78, 5) is 27.4. The summed E-state index contributed by atoms with van der Waals surface area (Å²) < 4.78 is 5.50. The summed E-state index contributed by atoms with van der Waals surface area (Å²) in [5.41, 5.74) is 6.73. The SMILES string of the molecule is CCC(C)(C)[C@H](N)C(=O)N1CC(C)(C)C[C@H]1C(=O)OCc1ccccc1. The van der Waals surface area contributed by atoms with Crippen LogP contribution in [0.1, 0.15) is 53.0 Å². The Morgan fingerprint density at radius 1 is 1.31 bits per heavy atom. The van der Waals surface area contributed by atoms with Crippen molar-refractivity contribution >= 4 is 11.9 Å². The molecule has 1 aromatic carbocycles. The van der Waals surface area contributed by atoms with Gasteiger partial charge < -0.3 is 15.4 Å². The van der Waals surface area contributed by atoms with Crippen LogP contribution < -0.4 is 5.73 Å². The second-order valence-corrected chi connectivity index (χ2v) is 8.76. The first-order chi connectivity index (χ1) is 12.1. The monoisotopic (exact) mass is 360 g/mol. The molecule has 1 heterocycles. The van der Waals surface area contributed by atoms with E-state index in [2.05, 4.69) is 13.8 Å². The summed E-state index contributed by atoms with van der Waals surface area (Å²) >= 11 is 0. The molecule has 0 saturated carbocycles. The summed E-state index contributed by atoms with van der Waals surface area (Å²) in [5, 5.41) is 0. The zero-order valence-corrected chi connectivity index (χ0v) is 16.6. The van der Waals surface area contributed by atoms with Crippen LogP contribution >= 0.6 is 0 Å². The number of carbonyl (C=O) groups is 2. The third-order valence-electron chi connectivity index (χ3n) is 5.52. The molecule has 1 aliphatic heterocycles. The van der Waals surface area contributed by atoms with E-state index in [0.717, 1.165) is 12.0 Å². The largest absolute Gasteiger partial charge is 0.459 e. The van der Waals surface area contributed by atoms with E-state index in [0.29, 0.717) is 13.0 Å². The number of carbonyl (C=O) groups excluding carboxylic acids is 2. The number of benzene rings is 1. The molecule has 1 aromatic rings. The van der Waals surface area contributed by atoms with E-state index in [1.807, 2.05) is 51.1 Å². The number of hydrogen-bond acceptors (Lipinski definition) is 4. The molecule has 2 rings (SSSR count). The second kappa shape index (κ2) is 7.78. The molecule has 2 N–H and O–H groups in total. The van der Waals surface area contributed by atoms with Crippen LogP contribution in [0.5, 0.6) is 0 Å². The number of esters is 1. The highest BCUT2D eigenvalue weighted by Crippen LogP contribution is 2.36. The van der Waals surface area contributed by atoms with Crippen molar-refractivity contribution in [1.82, 2.24) is 4.90 Å². The molecule has 144 valence electrons. The number of amides is 1. The highest BCUT2D eigenvalue weighted by atomic mass is 16.5. The van der Waals surface area contributed by atoms with Gasteiger partial charge in [-0.3, -0.25) is 4.79 Å². The van der Waals surface area contributed by atoms with Crippen molar-refractivity contribution in [3.8, 4) is 0 Å². The molecule has 1 amide bonds. The number of rotatable bonds is 6. The molecule has 0 bridgehead atoms. The minimum atomic E-state index is -0.633. The minimum Gasteiger partial charge on any atom is -0.459 e. The van der Waals surface area contributed by atoms with Crippen LogP contribution in [0.15, 0.2) is 30.3 Å². The van der Waals surface area contributed by atoms with Crippen molar-refractivity contribution in [2.24, 2.45) is 16.6 Å². The fourth-order valence-electron chi connectivity index (χ4n) is 3.27. The highest BCUT2D eigenvalue weighted by Gasteiger charge is 2.47. The molecule has 0 aliphatic carbocycles. The van der Waals surface area contributed by atoms with Crippen LogP contribution in [-0.2, 0) is 20.9 Å². The van der Waals surface area contributed by atoms with Gasteiger partial charge in [0.1, 0.15) is 12.6 Å². The van der Waals surface area contributed by atoms with Gasteiger partial charge in [-0.2, -0.15) is 0 Å². The first-order valence-electron chi connectivity index (χ1n) is 9.34. The van der Waals surface area contributed by atoms with Gasteiger partial charge in [-0.1, -0.05) is 65.0 Å². The predicted molar refractivity (Wildman–Crippen MR) is 102 cm³/mol. The lowest BCUT2D eigenvalue weighted by atomic mass is 9.81. The van der Waals surface area contributed by atoms with E-state index in [1.54, 1.807) is 4.90 Å². The molecule has 5 heteroatoms. The van der Waals surface area contributed by atoms with E-state index < -0.39 is 12.1 Å². The zero-order chi connectivity index (χ0) is 19.5. The zero-order valence-electron chi connectivity index (χ0n) is 16.6. The smallest absolute Gasteiger partial charge is 0.329 e. The van der Waals surface area contributed by atoms with Gasteiger partial charge in [0.05, 0.1) is 6.04 Å². The highest BCUT2D eigenvalue weighted by molar-refractivity contribution is 5.88. The first kappa shape index (κ1) is 20.4. The third kappa shape index (κ3) is 4.64. The van der Waals surface area contributed by atoms with Crippen molar-refractivity contribution in [3.05, 3.63) is 35.9 Å². The van der Waals surface area contributed by atoms with Crippen LogP contribution in [0.4, 0.5) is 0 Å². The van der Waals surface area contributed by atoms with Crippen LogP contribution in [0.3, 0.4) is 0 Å². The molecule has 26 heavy (non-hydrogen) atoms. The maximum atomic E-state index is 13.0. The van der Waals surface area contributed by atoms with Gasteiger partial charge in [-0.15, -0.1) is 0 Å². The molecular formula is C21H32N2O3. The quantitative estimate of drug-likeness (QED) is 0.791. The fourth-order valence-corrected chi connectivity index (χ4v) is 3.27. The van der Waals surface area contributed by atoms with Crippen molar-refractivity contribution in [2.45, 2.75) is 66.2 Å². The Balaban J connectivity index is 2.11. The molecule has 1 fully saturated rings.